The highest BCUT2D eigenvalue weighted by molar-refractivity contribution is 8.00. The summed E-state index contributed by atoms with van der Waals surface area (Å²) in [5.74, 6) is 2.32. The Morgan fingerprint density at radius 2 is 2.33 bits per heavy atom. The van der Waals surface area contributed by atoms with Crippen molar-refractivity contribution in [2.45, 2.75) is 24.5 Å². The molecule has 2 aliphatic heterocycles. The van der Waals surface area contributed by atoms with E-state index in [0.717, 1.165) is 43.0 Å². The minimum atomic E-state index is 0.192. The third kappa shape index (κ3) is 2.81. The molecule has 4 rings (SSSR count). The van der Waals surface area contributed by atoms with Gasteiger partial charge in [-0.05, 0) is 48.8 Å². The van der Waals surface area contributed by atoms with Crippen molar-refractivity contribution >= 4 is 34.1 Å². The zero-order valence-electron chi connectivity index (χ0n) is 13.9. The number of amides is 1. The monoisotopic (exact) mass is 342 g/mol. The van der Waals surface area contributed by atoms with Gasteiger partial charge in [-0.25, -0.2) is 0 Å². The second-order valence-electron chi connectivity index (χ2n) is 6.38. The van der Waals surface area contributed by atoms with Crippen LogP contribution in [0, 0.1) is 0 Å². The van der Waals surface area contributed by atoms with Crippen LogP contribution in [-0.4, -0.2) is 47.0 Å². The molecule has 0 saturated carbocycles. The van der Waals surface area contributed by atoms with Crippen molar-refractivity contribution < 1.29 is 9.53 Å². The van der Waals surface area contributed by atoms with Crippen LogP contribution in [0.2, 0.25) is 0 Å². The maximum Gasteiger partial charge on any atom is 0.235 e. The van der Waals surface area contributed by atoms with Crippen molar-refractivity contribution in [2.24, 2.45) is 0 Å². The van der Waals surface area contributed by atoms with E-state index < -0.39 is 0 Å². The molecule has 0 spiro atoms. The van der Waals surface area contributed by atoms with Gasteiger partial charge in [-0.3, -0.25) is 4.79 Å². The van der Waals surface area contributed by atoms with Gasteiger partial charge in [0.25, 0.3) is 0 Å². The largest absolute Gasteiger partial charge is 0.497 e. The van der Waals surface area contributed by atoms with E-state index in [9.17, 15) is 4.79 Å². The third-order valence-corrected chi connectivity index (χ3v) is 6.32. The molecule has 24 heavy (non-hydrogen) atoms. The summed E-state index contributed by atoms with van der Waals surface area (Å²) >= 11 is 1.82. The smallest absolute Gasteiger partial charge is 0.235 e. The van der Waals surface area contributed by atoms with Crippen LogP contribution in [0.4, 0.5) is 0 Å². The van der Waals surface area contributed by atoms with Gasteiger partial charge in [0.1, 0.15) is 5.75 Å². The van der Waals surface area contributed by atoms with Crippen LogP contribution in [0.15, 0.2) is 30.5 Å². The number of hydrogen-bond donors (Lipinski definition) is 1. The average molecular weight is 342 g/mol. The SMILES string of the molecule is COc1ccc2[nH]cc(C3=CCN(C(=O)C4CCCS4)CC3)c2c1. The van der Waals surface area contributed by atoms with Crippen molar-refractivity contribution in [3.63, 3.8) is 0 Å². The van der Waals surface area contributed by atoms with Gasteiger partial charge in [0.05, 0.1) is 12.4 Å². The first kappa shape index (κ1) is 15.6. The van der Waals surface area contributed by atoms with E-state index in [0.29, 0.717) is 5.91 Å². The molecule has 5 heteroatoms. The lowest BCUT2D eigenvalue weighted by molar-refractivity contribution is -0.130. The molecule has 0 aliphatic carbocycles. The number of benzene rings is 1. The molecule has 2 aromatic rings. The van der Waals surface area contributed by atoms with Gasteiger partial charge in [0.15, 0.2) is 0 Å². The van der Waals surface area contributed by atoms with Crippen LogP contribution < -0.4 is 4.74 Å². The van der Waals surface area contributed by atoms with Gasteiger partial charge in [0.2, 0.25) is 5.91 Å². The number of hydrogen-bond acceptors (Lipinski definition) is 3. The number of methoxy groups -OCH3 is 1. The molecule has 1 unspecified atom stereocenters. The first-order valence-corrected chi connectivity index (χ1v) is 9.56. The fourth-order valence-corrected chi connectivity index (χ4v) is 4.83. The van der Waals surface area contributed by atoms with Crippen LogP contribution >= 0.6 is 11.8 Å². The second-order valence-corrected chi connectivity index (χ2v) is 7.69. The number of carbonyl (C=O) groups excluding carboxylic acids is 1. The van der Waals surface area contributed by atoms with E-state index in [1.807, 2.05) is 28.8 Å². The Bertz CT molecular complexity index is 790. The molecule has 0 bridgehead atoms. The molecular weight excluding hydrogens is 320 g/mol. The zero-order chi connectivity index (χ0) is 16.5. The Labute approximate surface area is 146 Å². The summed E-state index contributed by atoms with van der Waals surface area (Å²) < 4.78 is 5.35. The Morgan fingerprint density at radius 3 is 3.04 bits per heavy atom. The van der Waals surface area contributed by atoms with Crippen LogP contribution in [-0.2, 0) is 4.79 Å². The van der Waals surface area contributed by atoms with E-state index >= 15 is 0 Å². The minimum Gasteiger partial charge on any atom is -0.497 e. The van der Waals surface area contributed by atoms with E-state index in [1.165, 1.54) is 22.9 Å². The Hall–Kier alpha value is -1.88. The first-order valence-electron chi connectivity index (χ1n) is 8.51. The highest BCUT2D eigenvalue weighted by Crippen LogP contribution is 2.33. The maximum atomic E-state index is 12.5. The highest BCUT2D eigenvalue weighted by atomic mass is 32.2. The molecule has 1 N–H and O–H groups in total. The zero-order valence-corrected chi connectivity index (χ0v) is 14.7. The maximum absolute atomic E-state index is 12.5. The number of ether oxygens (including phenoxy) is 1. The lowest BCUT2D eigenvalue weighted by Gasteiger charge is -2.28. The van der Waals surface area contributed by atoms with E-state index in [1.54, 1.807) is 7.11 Å². The van der Waals surface area contributed by atoms with Gasteiger partial charge in [0, 0.05) is 35.8 Å². The summed E-state index contributed by atoms with van der Waals surface area (Å²) in [5, 5.41) is 1.38. The van der Waals surface area contributed by atoms with Gasteiger partial charge < -0.3 is 14.6 Å². The number of nitrogens with zero attached hydrogens (tertiary/aromatic N) is 1. The first-order chi connectivity index (χ1) is 11.8. The topological polar surface area (TPSA) is 45.3 Å². The number of rotatable bonds is 3. The summed E-state index contributed by atoms with van der Waals surface area (Å²) in [7, 11) is 1.69. The van der Waals surface area contributed by atoms with Crippen LogP contribution in [0.3, 0.4) is 0 Å². The van der Waals surface area contributed by atoms with Crippen molar-refractivity contribution in [2.75, 3.05) is 26.0 Å². The highest BCUT2D eigenvalue weighted by Gasteiger charge is 2.29. The van der Waals surface area contributed by atoms with Gasteiger partial charge in [-0.1, -0.05) is 6.08 Å². The normalized spacial score (nSPS) is 21.1. The summed E-state index contributed by atoms with van der Waals surface area (Å²) in [5.41, 5.74) is 3.66. The molecule has 1 aromatic carbocycles. The number of H-pyrrole nitrogens is 1. The van der Waals surface area contributed by atoms with Crippen LogP contribution in [0.5, 0.6) is 5.75 Å². The summed E-state index contributed by atoms with van der Waals surface area (Å²) in [6, 6.07) is 6.10. The second kappa shape index (κ2) is 6.55. The fourth-order valence-electron chi connectivity index (χ4n) is 3.58. The minimum absolute atomic E-state index is 0.192. The number of fused-ring (bicyclic) bond motifs is 1. The molecule has 126 valence electrons. The molecule has 0 radical (unpaired) electrons. The van der Waals surface area contributed by atoms with Gasteiger partial charge >= 0.3 is 0 Å². The summed E-state index contributed by atoms with van der Waals surface area (Å²) in [4.78, 5) is 17.9. The molecule has 4 nitrogen and oxygen atoms in total. The average Bonchev–Trinajstić information content (AvgIpc) is 3.30. The lowest BCUT2D eigenvalue weighted by atomic mass is 9.98. The molecule has 1 saturated heterocycles. The molecule has 1 amide bonds. The van der Waals surface area contributed by atoms with E-state index in [-0.39, 0.29) is 5.25 Å². The molecule has 1 atom stereocenters. The number of aromatic nitrogens is 1. The quantitative estimate of drug-likeness (QED) is 0.925. The number of nitrogens with one attached hydrogen (secondary N) is 1. The van der Waals surface area contributed by atoms with Crippen molar-refractivity contribution in [3.05, 3.63) is 36.0 Å². The van der Waals surface area contributed by atoms with E-state index in [4.69, 9.17) is 4.74 Å². The van der Waals surface area contributed by atoms with Crippen LogP contribution in [0.1, 0.15) is 24.8 Å². The summed E-state index contributed by atoms with van der Waals surface area (Å²) in [6.45, 7) is 1.54. The number of aromatic amines is 1. The van der Waals surface area contributed by atoms with E-state index in [2.05, 4.69) is 23.3 Å². The number of carbonyl (C=O) groups is 1. The molecule has 2 aliphatic rings. The van der Waals surface area contributed by atoms with Crippen molar-refractivity contribution in [1.29, 1.82) is 0 Å². The third-order valence-electron chi connectivity index (χ3n) is 4.96. The predicted molar refractivity (Wildman–Crippen MR) is 99.5 cm³/mol. The molecule has 3 heterocycles. The van der Waals surface area contributed by atoms with Crippen LogP contribution in [0.25, 0.3) is 16.5 Å². The predicted octanol–water partition coefficient (Wildman–Crippen LogP) is 3.69. The standard InChI is InChI=1S/C19H22N2O2S/c1-23-14-4-5-17-15(11-14)16(12-20-17)13-6-8-21(9-7-13)19(22)18-3-2-10-24-18/h4-6,11-12,18,20H,2-3,7-10H2,1H3. The lowest BCUT2D eigenvalue weighted by Crippen LogP contribution is -2.39. The fraction of sp³-hybridized carbons (Fsp3) is 0.421. The number of thioether (sulfide) groups is 1. The van der Waals surface area contributed by atoms with Crippen molar-refractivity contribution in [3.8, 4) is 5.75 Å². The Morgan fingerprint density at radius 1 is 1.42 bits per heavy atom. The molecule has 1 aromatic heterocycles. The van der Waals surface area contributed by atoms with Crippen molar-refractivity contribution in [1.82, 2.24) is 9.88 Å². The Kier molecular flexibility index (Phi) is 4.27. The molecule has 1 fully saturated rings. The van der Waals surface area contributed by atoms with Gasteiger partial charge in [-0.15, -0.1) is 11.8 Å². The summed E-state index contributed by atoms with van der Waals surface area (Å²) in [6.07, 6.45) is 7.41. The van der Waals surface area contributed by atoms with Gasteiger partial charge in [-0.2, -0.15) is 0 Å². The Balaban J connectivity index is 1.54. The molecular formula is C19H22N2O2S.